The molecule has 0 fully saturated rings. The number of halogens is 1. The Morgan fingerprint density at radius 1 is 1.56 bits per heavy atom. The van der Waals surface area contributed by atoms with E-state index in [1.807, 2.05) is 19.1 Å². The molecule has 0 aliphatic heterocycles. The summed E-state index contributed by atoms with van der Waals surface area (Å²) in [7, 11) is 0. The fourth-order valence-corrected chi connectivity index (χ4v) is 2.55. The summed E-state index contributed by atoms with van der Waals surface area (Å²) < 4.78 is 6.21. The summed E-state index contributed by atoms with van der Waals surface area (Å²) in [5.41, 5.74) is 5.67. The second-order valence-electron chi connectivity index (χ2n) is 3.63. The third-order valence-corrected chi connectivity index (χ3v) is 3.69. The molecule has 6 heteroatoms. The lowest BCUT2D eigenvalue weighted by atomic mass is 10.2. The maximum atomic E-state index is 5.67. The van der Waals surface area contributed by atoms with E-state index in [-0.39, 0.29) is 6.04 Å². The maximum absolute atomic E-state index is 5.67. The highest BCUT2D eigenvalue weighted by Crippen LogP contribution is 2.29. The Balaban J connectivity index is 2.07. The quantitative estimate of drug-likeness (QED) is 0.943. The van der Waals surface area contributed by atoms with Gasteiger partial charge in [0.2, 0.25) is 11.7 Å². The second kappa shape index (κ2) is 5.07. The number of nitrogens with zero attached hydrogens (tertiary/aromatic N) is 2. The van der Waals surface area contributed by atoms with Crippen molar-refractivity contribution in [3.8, 4) is 10.7 Å². The molecule has 2 N–H and O–H groups in total. The molecule has 2 aromatic heterocycles. The molecule has 0 bridgehead atoms. The van der Waals surface area contributed by atoms with Crippen molar-refractivity contribution in [1.82, 2.24) is 10.1 Å². The van der Waals surface area contributed by atoms with Crippen LogP contribution >= 0.6 is 27.3 Å². The lowest BCUT2D eigenvalue weighted by molar-refractivity contribution is 0.373. The van der Waals surface area contributed by atoms with Crippen molar-refractivity contribution >= 4 is 27.3 Å². The van der Waals surface area contributed by atoms with Crippen LogP contribution in [0.5, 0.6) is 0 Å². The molecule has 1 unspecified atom stereocenters. The minimum absolute atomic E-state index is 0.159. The third kappa shape index (κ3) is 2.90. The topological polar surface area (TPSA) is 64.9 Å². The summed E-state index contributed by atoms with van der Waals surface area (Å²) in [6.45, 7) is 1.97. The van der Waals surface area contributed by atoms with Gasteiger partial charge in [-0.05, 0) is 41.4 Å². The Morgan fingerprint density at radius 3 is 3.00 bits per heavy atom. The van der Waals surface area contributed by atoms with Crippen molar-refractivity contribution in [1.29, 1.82) is 0 Å². The number of hydrogen-bond donors (Lipinski definition) is 1. The average molecular weight is 302 g/mol. The molecule has 0 aromatic carbocycles. The van der Waals surface area contributed by atoms with Crippen LogP contribution in [0.25, 0.3) is 10.7 Å². The number of aryl methyl sites for hydroxylation is 1. The molecule has 2 rings (SSSR count). The van der Waals surface area contributed by atoms with Crippen LogP contribution in [0.2, 0.25) is 0 Å². The molecule has 86 valence electrons. The van der Waals surface area contributed by atoms with E-state index in [1.54, 1.807) is 11.3 Å². The highest BCUT2D eigenvalue weighted by molar-refractivity contribution is 9.11. The fourth-order valence-electron chi connectivity index (χ4n) is 1.24. The first kappa shape index (κ1) is 11.8. The van der Waals surface area contributed by atoms with E-state index in [0.717, 1.165) is 21.5 Å². The number of thiophene rings is 1. The van der Waals surface area contributed by atoms with Gasteiger partial charge in [0.25, 0.3) is 0 Å². The summed E-state index contributed by atoms with van der Waals surface area (Å²) in [5, 5.41) is 3.94. The zero-order chi connectivity index (χ0) is 11.5. The molecule has 2 aromatic rings. The average Bonchev–Trinajstić information content (AvgIpc) is 2.83. The minimum atomic E-state index is 0.159. The first-order valence-corrected chi connectivity index (χ1v) is 6.60. The summed E-state index contributed by atoms with van der Waals surface area (Å²) in [6, 6.07) is 4.10. The first-order valence-electron chi connectivity index (χ1n) is 4.99. The molecule has 0 spiro atoms. The van der Waals surface area contributed by atoms with Gasteiger partial charge in [-0.2, -0.15) is 4.98 Å². The van der Waals surface area contributed by atoms with E-state index < -0.39 is 0 Å². The highest BCUT2D eigenvalue weighted by Gasteiger charge is 2.10. The number of aromatic nitrogens is 2. The van der Waals surface area contributed by atoms with Gasteiger partial charge in [0.1, 0.15) is 0 Å². The molecule has 0 amide bonds. The summed E-state index contributed by atoms with van der Waals surface area (Å²) >= 11 is 4.99. The highest BCUT2D eigenvalue weighted by atomic mass is 79.9. The van der Waals surface area contributed by atoms with E-state index in [0.29, 0.717) is 11.7 Å². The zero-order valence-electron chi connectivity index (χ0n) is 8.81. The molecule has 0 saturated carbocycles. The lowest BCUT2D eigenvalue weighted by Gasteiger charge is -1.99. The molecular formula is C10H12BrN3OS. The Kier molecular flexibility index (Phi) is 3.73. The van der Waals surface area contributed by atoms with Crippen molar-refractivity contribution in [2.75, 3.05) is 0 Å². The Morgan fingerprint density at radius 2 is 2.38 bits per heavy atom. The summed E-state index contributed by atoms with van der Waals surface area (Å²) in [5.74, 6) is 1.30. The van der Waals surface area contributed by atoms with Gasteiger partial charge >= 0.3 is 0 Å². The van der Waals surface area contributed by atoms with E-state index in [4.69, 9.17) is 10.3 Å². The Labute approximate surface area is 106 Å². The van der Waals surface area contributed by atoms with Crippen molar-refractivity contribution in [2.45, 2.75) is 25.8 Å². The van der Waals surface area contributed by atoms with Gasteiger partial charge < -0.3 is 10.3 Å². The number of hydrogen-bond acceptors (Lipinski definition) is 5. The standard InChI is InChI=1S/C10H12BrN3OS/c1-6(12)2-5-9-13-10(14-15-9)7-3-4-8(11)16-7/h3-4,6H,2,5,12H2,1H3. The molecule has 16 heavy (non-hydrogen) atoms. The molecule has 2 heterocycles. The van der Waals surface area contributed by atoms with Crippen LogP contribution in [0.4, 0.5) is 0 Å². The first-order chi connectivity index (χ1) is 7.65. The zero-order valence-corrected chi connectivity index (χ0v) is 11.2. The fraction of sp³-hybridized carbons (Fsp3) is 0.400. The van der Waals surface area contributed by atoms with E-state index >= 15 is 0 Å². The van der Waals surface area contributed by atoms with Gasteiger partial charge in [-0.25, -0.2) is 0 Å². The number of rotatable bonds is 4. The van der Waals surface area contributed by atoms with Gasteiger partial charge in [0.15, 0.2) is 0 Å². The monoisotopic (exact) mass is 301 g/mol. The van der Waals surface area contributed by atoms with E-state index in [2.05, 4.69) is 26.1 Å². The molecule has 0 radical (unpaired) electrons. The molecule has 0 saturated heterocycles. The van der Waals surface area contributed by atoms with Crippen LogP contribution < -0.4 is 5.73 Å². The molecular weight excluding hydrogens is 290 g/mol. The van der Waals surface area contributed by atoms with Crippen LogP contribution in [0.1, 0.15) is 19.2 Å². The van der Waals surface area contributed by atoms with Crippen LogP contribution in [0, 0.1) is 0 Å². The van der Waals surface area contributed by atoms with E-state index in [9.17, 15) is 0 Å². The number of nitrogens with two attached hydrogens (primary N) is 1. The Bertz CT molecular complexity index is 466. The molecule has 0 aliphatic rings. The van der Waals surface area contributed by atoms with Crippen LogP contribution in [-0.2, 0) is 6.42 Å². The van der Waals surface area contributed by atoms with Crippen LogP contribution in [0.15, 0.2) is 20.4 Å². The SMILES string of the molecule is CC(N)CCc1nc(-c2ccc(Br)s2)no1. The maximum Gasteiger partial charge on any atom is 0.227 e. The summed E-state index contributed by atoms with van der Waals surface area (Å²) in [6.07, 6.45) is 1.59. The van der Waals surface area contributed by atoms with Crippen molar-refractivity contribution in [3.05, 3.63) is 21.8 Å². The van der Waals surface area contributed by atoms with E-state index in [1.165, 1.54) is 0 Å². The normalized spacial score (nSPS) is 12.9. The Hall–Kier alpha value is -0.720. The third-order valence-electron chi connectivity index (χ3n) is 2.08. The van der Waals surface area contributed by atoms with Crippen molar-refractivity contribution in [3.63, 3.8) is 0 Å². The van der Waals surface area contributed by atoms with Gasteiger partial charge in [0, 0.05) is 12.5 Å². The van der Waals surface area contributed by atoms with Crippen LogP contribution in [0.3, 0.4) is 0 Å². The molecule has 1 atom stereocenters. The lowest BCUT2D eigenvalue weighted by Crippen LogP contribution is -2.15. The molecule has 4 nitrogen and oxygen atoms in total. The van der Waals surface area contributed by atoms with Gasteiger partial charge in [-0.3, -0.25) is 0 Å². The predicted octanol–water partition coefficient (Wildman–Crippen LogP) is 2.84. The predicted molar refractivity (Wildman–Crippen MR) is 67.3 cm³/mol. The largest absolute Gasteiger partial charge is 0.339 e. The summed E-state index contributed by atoms with van der Waals surface area (Å²) in [4.78, 5) is 5.32. The van der Waals surface area contributed by atoms with Crippen molar-refractivity contribution < 1.29 is 4.52 Å². The minimum Gasteiger partial charge on any atom is -0.339 e. The molecule has 0 aliphatic carbocycles. The van der Waals surface area contributed by atoms with Gasteiger partial charge in [-0.15, -0.1) is 11.3 Å². The van der Waals surface area contributed by atoms with Crippen molar-refractivity contribution in [2.24, 2.45) is 5.73 Å². The van der Waals surface area contributed by atoms with Gasteiger partial charge in [0.05, 0.1) is 8.66 Å². The second-order valence-corrected chi connectivity index (χ2v) is 6.09. The van der Waals surface area contributed by atoms with Gasteiger partial charge in [-0.1, -0.05) is 5.16 Å². The van der Waals surface area contributed by atoms with Crippen LogP contribution in [-0.4, -0.2) is 16.2 Å². The smallest absolute Gasteiger partial charge is 0.227 e.